The van der Waals surface area contributed by atoms with Crippen LogP contribution in [0, 0.1) is 20.8 Å². The van der Waals surface area contributed by atoms with Gasteiger partial charge in [0.15, 0.2) is 0 Å². The van der Waals surface area contributed by atoms with Gasteiger partial charge in [-0.3, -0.25) is 0 Å². The lowest BCUT2D eigenvalue weighted by Crippen LogP contribution is -2.09. The molecule has 0 amide bonds. The quantitative estimate of drug-likeness (QED) is 0.906. The van der Waals surface area contributed by atoms with E-state index in [0.717, 1.165) is 22.1 Å². The van der Waals surface area contributed by atoms with Crippen LogP contribution in [-0.2, 0) is 0 Å². The zero-order valence-electron chi connectivity index (χ0n) is 12.1. The number of aromatic nitrogens is 1. The first-order valence-corrected chi connectivity index (χ1v) is 7.18. The fraction of sp³-hybridized carbons (Fsp3) is 0.400. The highest BCUT2D eigenvalue weighted by Gasteiger charge is 2.14. The van der Waals surface area contributed by atoms with E-state index in [-0.39, 0.29) is 6.04 Å². The van der Waals surface area contributed by atoms with E-state index in [1.54, 1.807) is 18.4 Å². The number of methoxy groups -OCH3 is 1. The minimum atomic E-state index is 0.168. The monoisotopic (exact) mass is 276 g/mol. The Hall–Kier alpha value is -1.55. The number of rotatable bonds is 4. The molecule has 4 heteroatoms. The Labute approximate surface area is 118 Å². The van der Waals surface area contributed by atoms with Crippen molar-refractivity contribution in [3.8, 4) is 5.75 Å². The van der Waals surface area contributed by atoms with Crippen molar-refractivity contribution in [2.24, 2.45) is 0 Å². The van der Waals surface area contributed by atoms with Crippen LogP contribution in [0.4, 0.5) is 5.69 Å². The highest BCUT2D eigenvalue weighted by Crippen LogP contribution is 2.30. The summed E-state index contributed by atoms with van der Waals surface area (Å²) in [6.45, 7) is 8.34. The lowest BCUT2D eigenvalue weighted by Gasteiger charge is -2.17. The van der Waals surface area contributed by atoms with E-state index in [1.807, 2.05) is 13.0 Å². The summed E-state index contributed by atoms with van der Waals surface area (Å²) >= 11 is 1.74. The second-order valence-corrected chi connectivity index (χ2v) is 6.15. The minimum Gasteiger partial charge on any atom is -0.495 e. The van der Waals surface area contributed by atoms with Crippen LogP contribution < -0.4 is 10.1 Å². The number of aryl methyl sites for hydroxylation is 3. The van der Waals surface area contributed by atoms with Gasteiger partial charge in [0.05, 0.1) is 29.5 Å². The molecule has 0 saturated carbocycles. The van der Waals surface area contributed by atoms with Crippen LogP contribution in [0.1, 0.15) is 34.1 Å². The van der Waals surface area contributed by atoms with Gasteiger partial charge in [-0.2, -0.15) is 0 Å². The van der Waals surface area contributed by atoms with Crippen molar-refractivity contribution >= 4 is 17.0 Å². The third-order valence-electron chi connectivity index (χ3n) is 3.08. The molecule has 102 valence electrons. The smallest absolute Gasteiger partial charge is 0.142 e. The van der Waals surface area contributed by atoms with Gasteiger partial charge in [0, 0.05) is 4.88 Å². The Balaban J connectivity index is 2.23. The lowest BCUT2D eigenvalue weighted by atomic mass is 10.1. The maximum absolute atomic E-state index is 5.42. The first-order valence-electron chi connectivity index (χ1n) is 6.36. The SMILES string of the molecule is COc1cc(C)ccc1NC(C)c1nc(C)sc1C. The Morgan fingerprint density at radius 1 is 1.26 bits per heavy atom. The van der Waals surface area contributed by atoms with Crippen molar-refractivity contribution in [1.82, 2.24) is 4.98 Å². The van der Waals surface area contributed by atoms with Gasteiger partial charge in [-0.1, -0.05) is 6.07 Å². The van der Waals surface area contributed by atoms with Crippen molar-refractivity contribution < 1.29 is 4.74 Å². The molecule has 2 rings (SSSR count). The summed E-state index contributed by atoms with van der Waals surface area (Å²) in [6.07, 6.45) is 0. The van der Waals surface area contributed by atoms with Gasteiger partial charge >= 0.3 is 0 Å². The first-order chi connectivity index (χ1) is 9.01. The second kappa shape index (κ2) is 5.61. The van der Waals surface area contributed by atoms with E-state index in [9.17, 15) is 0 Å². The van der Waals surface area contributed by atoms with Gasteiger partial charge in [-0.05, 0) is 45.4 Å². The molecular weight excluding hydrogens is 256 g/mol. The molecule has 0 spiro atoms. The predicted octanol–water partition coefficient (Wildman–Crippen LogP) is 4.25. The number of benzene rings is 1. The molecule has 0 aliphatic rings. The molecule has 0 aliphatic heterocycles. The molecule has 1 N–H and O–H groups in total. The molecule has 19 heavy (non-hydrogen) atoms. The summed E-state index contributed by atoms with van der Waals surface area (Å²) in [7, 11) is 1.70. The zero-order chi connectivity index (χ0) is 14.0. The van der Waals surface area contributed by atoms with Crippen molar-refractivity contribution in [2.75, 3.05) is 12.4 Å². The molecule has 3 nitrogen and oxygen atoms in total. The van der Waals surface area contributed by atoms with E-state index in [1.165, 1.54) is 10.4 Å². The standard InChI is InChI=1S/C15H20N2OS/c1-9-6-7-13(14(8-9)18-5)16-10(2)15-11(3)19-12(4)17-15/h6-8,10,16H,1-5H3. The summed E-state index contributed by atoms with van der Waals surface area (Å²) in [5.74, 6) is 0.872. The van der Waals surface area contributed by atoms with Crippen LogP contribution in [0.3, 0.4) is 0 Å². The summed E-state index contributed by atoms with van der Waals surface area (Å²) in [5.41, 5.74) is 3.31. The fourth-order valence-electron chi connectivity index (χ4n) is 2.17. The number of hydrogen-bond acceptors (Lipinski definition) is 4. The summed E-state index contributed by atoms with van der Waals surface area (Å²) in [6, 6.07) is 6.34. The number of nitrogens with one attached hydrogen (secondary N) is 1. The van der Waals surface area contributed by atoms with E-state index in [4.69, 9.17) is 4.74 Å². The van der Waals surface area contributed by atoms with Crippen molar-refractivity contribution in [2.45, 2.75) is 33.7 Å². The van der Waals surface area contributed by atoms with E-state index < -0.39 is 0 Å². The van der Waals surface area contributed by atoms with E-state index >= 15 is 0 Å². The number of hydrogen-bond donors (Lipinski definition) is 1. The van der Waals surface area contributed by atoms with Crippen LogP contribution in [-0.4, -0.2) is 12.1 Å². The van der Waals surface area contributed by atoms with Crippen LogP contribution in [0.15, 0.2) is 18.2 Å². The van der Waals surface area contributed by atoms with Crippen LogP contribution in [0.5, 0.6) is 5.75 Å². The lowest BCUT2D eigenvalue weighted by molar-refractivity contribution is 0.415. The normalized spacial score (nSPS) is 12.3. The molecule has 1 unspecified atom stereocenters. The van der Waals surface area contributed by atoms with Crippen molar-refractivity contribution in [3.63, 3.8) is 0 Å². The van der Waals surface area contributed by atoms with Gasteiger partial charge in [-0.15, -0.1) is 11.3 Å². The predicted molar refractivity (Wildman–Crippen MR) is 81.4 cm³/mol. The van der Waals surface area contributed by atoms with Gasteiger partial charge in [0.25, 0.3) is 0 Å². The van der Waals surface area contributed by atoms with Crippen LogP contribution in [0.2, 0.25) is 0 Å². The molecule has 0 radical (unpaired) electrons. The summed E-state index contributed by atoms with van der Waals surface area (Å²) < 4.78 is 5.42. The highest BCUT2D eigenvalue weighted by molar-refractivity contribution is 7.11. The fourth-order valence-corrected chi connectivity index (χ4v) is 3.08. The topological polar surface area (TPSA) is 34.1 Å². The molecule has 0 bridgehead atoms. The molecule has 1 atom stereocenters. The highest BCUT2D eigenvalue weighted by atomic mass is 32.1. The van der Waals surface area contributed by atoms with Crippen molar-refractivity contribution in [1.29, 1.82) is 0 Å². The Morgan fingerprint density at radius 2 is 2.00 bits per heavy atom. The number of ether oxygens (including phenoxy) is 1. The number of thiazole rings is 1. The van der Waals surface area contributed by atoms with Crippen LogP contribution >= 0.6 is 11.3 Å². The minimum absolute atomic E-state index is 0.168. The molecule has 1 aromatic carbocycles. The maximum atomic E-state index is 5.42. The molecule has 2 aromatic rings. The average Bonchev–Trinajstić information content (AvgIpc) is 2.70. The third kappa shape index (κ3) is 3.07. The molecule has 0 aliphatic carbocycles. The average molecular weight is 276 g/mol. The molecular formula is C15H20N2OS. The van der Waals surface area contributed by atoms with Gasteiger partial charge in [0.1, 0.15) is 5.75 Å². The summed E-state index contributed by atoms with van der Waals surface area (Å²) in [5, 5.41) is 4.59. The Morgan fingerprint density at radius 3 is 2.58 bits per heavy atom. The van der Waals surface area contributed by atoms with Gasteiger partial charge in [-0.25, -0.2) is 4.98 Å². The molecule has 1 heterocycles. The summed E-state index contributed by atoms with van der Waals surface area (Å²) in [4.78, 5) is 5.86. The first kappa shape index (κ1) is 13.9. The second-order valence-electron chi connectivity index (χ2n) is 4.74. The largest absolute Gasteiger partial charge is 0.495 e. The van der Waals surface area contributed by atoms with Gasteiger partial charge < -0.3 is 10.1 Å². The zero-order valence-corrected chi connectivity index (χ0v) is 12.9. The molecule has 0 fully saturated rings. The number of nitrogens with zero attached hydrogens (tertiary/aromatic N) is 1. The Kier molecular flexibility index (Phi) is 4.10. The molecule has 0 saturated heterocycles. The van der Waals surface area contributed by atoms with Crippen LogP contribution in [0.25, 0.3) is 0 Å². The Bertz CT molecular complexity index is 578. The third-order valence-corrected chi connectivity index (χ3v) is 3.98. The van der Waals surface area contributed by atoms with E-state index in [0.29, 0.717) is 0 Å². The van der Waals surface area contributed by atoms with Crippen molar-refractivity contribution in [3.05, 3.63) is 39.3 Å². The number of anilines is 1. The van der Waals surface area contributed by atoms with E-state index in [2.05, 4.69) is 43.2 Å². The van der Waals surface area contributed by atoms with Gasteiger partial charge in [0.2, 0.25) is 0 Å². The molecule has 1 aromatic heterocycles. The maximum Gasteiger partial charge on any atom is 0.142 e.